The highest BCUT2D eigenvalue weighted by molar-refractivity contribution is 7.89. The van der Waals surface area contributed by atoms with Crippen molar-refractivity contribution in [2.24, 2.45) is 0 Å². The van der Waals surface area contributed by atoms with Crippen LogP contribution in [0.1, 0.15) is 41.8 Å². The van der Waals surface area contributed by atoms with Gasteiger partial charge in [-0.3, -0.25) is 4.79 Å². The molecule has 0 unspecified atom stereocenters. The Labute approximate surface area is 174 Å². The molecule has 0 bridgehead atoms. The molecule has 9 heteroatoms. The number of anilines is 1. The SMILES string of the molecule is CCN(CC)S(=O)(=O)c1ccc2c(c1)CCCN2C(=O)c1ccccc1C(F)(F)F. The first-order valence-corrected chi connectivity index (χ1v) is 11.2. The molecule has 1 heterocycles. The Morgan fingerprint density at radius 3 is 2.40 bits per heavy atom. The maximum absolute atomic E-state index is 13.4. The maximum Gasteiger partial charge on any atom is 0.417 e. The van der Waals surface area contributed by atoms with E-state index in [4.69, 9.17) is 0 Å². The monoisotopic (exact) mass is 440 g/mol. The molecule has 0 N–H and O–H groups in total. The highest BCUT2D eigenvalue weighted by Gasteiger charge is 2.37. The van der Waals surface area contributed by atoms with Gasteiger partial charge in [0.05, 0.1) is 16.0 Å². The van der Waals surface area contributed by atoms with E-state index < -0.39 is 33.2 Å². The molecule has 2 aromatic carbocycles. The molecule has 0 radical (unpaired) electrons. The molecule has 1 aliphatic heterocycles. The Kier molecular flexibility index (Phi) is 6.24. The van der Waals surface area contributed by atoms with Crippen molar-refractivity contribution in [3.05, 3.63) is 59.2 Å². The molecule has 0 fully saturated rings. The van der Waals surface area contributed by atoms with Crippen molar-refractivity contribution >= 4 is 21.6 Å². The average Bonchev–Trinajstić information content (AvgIpc) is 2.72. The first-order chi connectivity index (χ1) is 14.1. The van der Waals surface area contributed by atoms with Gasteiger partial charge in [-0.05, 0) is 48.7 Å². The summed E-state index contributed by atoms with van der Waals surface area (Å²) < 4.78 is 67.0. The molecule has 162 valence electrons. The molecule has 30 heavy (non-hydrogen) atoms. The Morgan fingerprint density at radius 1 is 1.10 bits per heavy atom. The van der Waals surface area contributed by atoms with E-state index in [1.807, 2.05) is 0 Å². The minimum atomic E-state index is -4.65. The fourth-order valence-electron chi connectivity index (χ4n) is 3.72. The number of rotatable bonds is 5. The molecular weight excluding hydrogens is 417 g/mol. The molecule has 0 aromatic heterocycles. The van der Waals surface area contributed by atoms with Crippen molar-refractivity contribution < 1.29 is 26.4 Å². The van der Waals surface area contributed by atoms with Crippen LogP contribution in [-0.4, -0.2) is 38.3 Å². The summed E-state index contributed by atoms with van der Waals surface area (Å²) in [6.45, 7) is 4.42. The predicted molar refractivity (Wildman–Crippen MR) is 108 cm³/mol. The fraction of sp³-hybridized carbons (Fsp3) is 0.381. The molecule has 3 rings (SSSR count). The van der Waals surface area contributed by atoms with Crippen LogP contribution < -0.4 is 4.90 Å². The van der Waals surface area contributed by atoms with Gasteiger partial charge in [0.25, 0.3) is 5.91 Å². The lowest BCUT2D eigenvalue weighted by Gasteiger charge is -2.31. The number of hydrogen-bond acceptors (Lipinski definition) is 3. The number of nitrogens with zero attached hydrogens (tertiary/aromatic N) is 2. The van der Waals surface area contributed by atoms with Gasteiger partial charge in [-0.2, -0.15) is 17.5 Å². The average molecular weight is 440 g/mol. The number of benzene rings is 2. The molecule has 2 aromatic rings. The number of hydrogen-bond donors (Lipinski definition) is 0. The van der Waals surface area contributed by atoms with Gasteiger partial charge in [-0.1, -0.05) is 26.0 Å². The van der Waals surface area contributed by atoms with Crippen LogP contribution in [0.4, 0.5) is 18.9 Å². The number of carbonyl (C=O) groups excluding carboxylic acids is 1. The van der Waals surface area contributed by atoms with Crippen LogP contribution in [0.3, 0.4) is 0 Å². The minimum Gasteiger partial charge on any atom is -0.308 e. The van der Waals surface area contributed by atoms with Crippen LogP contribution >= 0.6 is 0 Å². The largest absolute Gasteiger partial charge is 0.417 e. The van der Waals surface area contributed by atoms with E-state index in [2.05, 4.69) is 0 Å². The number of sulfonamides is 1. The quantitative estimate of drug-likeness (QED) is 0.696. The summed E-state index contributed by atoms with van der Waals surface area (Å²) in [6, 6.07) is 9.14. The first kappa shape index (κ1) is 22.3. The minimum absolute atomic E-state index is 0.120. The van der Waals surface area contributed by atoms with Gasteiger partial charge in [0.1, 0.15) is 0 Å². The standard InChI is InChI=1S/C21H23F3N2O3S/c1-3-25(4-2)30(28,29)16-11-12-19-15(14-16)8-7-13-26(19)20(27)17-9-5-6-10-18(17)21(22,23)24/h5-6,9-12,14H,3-4,7-8,13H2,1-2H3. The zero-order valence-corrected chi connectivity index (χ0v) is 17.6. The summed E-state index contributed by atoms with van der Waals surface area (Å²) in [6.07, 6.45) is -3.57. The molecule has 0 saturated heterocycles. The first-order valence-electron chi connectivity index (χ1n) is 9.72. The third kappa shape index (κ3) is 4.09. The Morgan fingerprint density at radius 2 is 1.77 bits per heavy atom. The zero-order chi connectivity index (χ0) is 22.1. The summed E-state index contributed by atoms with van der Waals surface area (Å²) in [5.41, 5.74) is -0.324. The lowest BCUT2D eigenvalue weighted by atomic mass is 9.99. The molecule has 0 atom stereocenters. The lowest BCUT2D eigenvalue weighted by Crippen LogP contribution is -2.37. The van der Waals surface area contributed by atoms with Crippen molar-refractivity contribution in [3.8, 4) is 0 Å². The van der Waals surface area contributed by atoms with Gasteiger partial charge in [0, 0.05) is 25.3 Å². The fourth-order valence-corrected chi connectivity index (χ4v) is 5.23. The van der Waals surface area contributed by atoms with Gasteiger partial charge in [0.2, 0.25) is 10.0 Å². The highest BCUT2D eigenvalue weighted by Crippen LogP contribution is 2.35. The van der Waals surface area contributed by atoms with Crippen LogP contribution in [0.2, 0.25) is 0 Å². The lowest BCUT2D eigenvalue weighted by molar-refractivity contribution is -0.137. The maximum atomic E-state index is 13.4. The normalized spacial score (nSPS) is 14.7. The second kappa shape index (κ2) is 8.39. The molecule has 0 saturated carbocycles. The third-order valence-corrected chi connectivity index (χ3v) is 7.27. The molecule has 1 amide bonds. The predicted octanol–water partition coefficient (Wildman–Crippen LogP) is 4.33. The summed E-state index contributed by atoms with van der Waals surface area (Å²) in [4.78, 5) is 14.4. The smallest absolute Gasteiger partial charge is 0.308 e. The Bertz CT molecular complexity index is 1050. The van der Waals surface area contributed by atoms with Gasteiger partial charge < -0.3 is 4.90 Å². The van der Waals surface area contributed by atoms with Gasteiger partial charge >= 0.3 is 6.18 Å². The van der Waals surface area contributed by atoms with Crippen LogP contribution in [0.5, 0.6) is 0 Å². The topological polar surface area (TPSA) is 57.7 Å². The van der Waals surface area contributed by atoms with Crippen LogP contribution in [0, 0.1) is 0 Å². The van der Waals surface area contributed by atoms with E-state index in [-0.39, 0.29) is 11.4 Å². The van der Waals surface area contributed by atoms with Crippen LogP contribution in [-0.2, 0) is 22.6 Å². The zero-order valence-electron chi connectivity index (χ0n) is 16.7. The number of aryl methyl sites for hydroxylation is 1. The van der Waals surface area contributed by atoms with E-state index in [1.54, 1.807) is 13.8 Å². The summed E-state index contributed by atoms with van der Waals surface area (Å²) in [5, 5.41) is 0. The van der Waals surface area contributed by atoms with Crippen molar-refractivity contribution in [1.29, 1.82) is 0 Å². The number of halogens is 3. The van der Waals surface area contributed by atoms with E-state index in [0.29, 0.717) is 37.2 Å². The molecule has 5 nitrogen and oxygen atoms in total. The van der Waals surface area contributed by atoms with Crippen molar-refractivity contribution in [3.63, 3.8) is 0 Å². The van der Waals surface area contributed by atoms with Crippen molar-refractivity contribution in [2.45, 2.75) is 37.8 Å². The van der Waals surface area contributed by atoms with Crippen LogP contribution in [0.25, 0.3) is 0 Å². The van der Waals surface area contributed by atoms with Gasteiger partial charge in [-0.15, -0.1) is 0 Å². The summed E-state index contributed by atoms with van der Waals surface area (Å²) >= 11 is 0. The van der Waals surface area contributed by atoms with Gasteiger partial charge in [-0.25, -0.2) is 8.42 Å². The second-order valence-corrected chi connectivity index (χ2v) is 8.92. The van der Waals surface area contributed by atoms with Crippen LogP contribution in [0.15, 0.2) is 47.4 Å². The summed E-state index contributed by atoms with van der Waals surface area (Å²) in [7, 11) is -3.67. The molecule has 0 spiro atoms. The Balaban J connectivity index is 2.01. The number of amides is 1. The van der Waals surface area contributed by atoms with Gasteiger partial charge in [0.15, 0.2) is 0 Å². The Hall–Kier alpha value is -2.39. The summed E-state index contributed by atoms with van der Waals surface area (Å²) in [5.74, 6) is -0.747. The molecule has 1 aliphatic rings. The van der Waals surface area contributed by atoms with E-state index in [9.17, 15) is 26.4 Å². The highest BCUT2D eigenvalue weighted by atomic mass is 32.2. The van der Waals surface area contributed by atoms with E-state index in [0.717, 1.165) is 6.07 Å². The number of fused-ring (bicyclic) bond motifs is 1. The van der Waals surface area contributed by atoms with Crippen molar-refractivity contribution in [2.75, 3.05) is 24.5 Å². The molecular formula is C21H23F3N2O3S. The van der Waals surface area contributed by atoms with E-state index in [1.165, 1.54) is 45.6 Å². The van der Waals surface area contributed by atoms with Crippen molar-refractivity contribution in [1.82, 2.24) is 4.31 Å². The second-order valence-electron chi connectivity index (χ2n) is 6.98. The number of carbonyl (C=O) groups is 1. The number of alkyl halides is 3. The van der Waals surface area contributed by atoms with E-state index >= 15 is 0 Å². The third-order valence-electron chi connectivity index (χ3n) is 5.22. The molecule has 0 aliphatic carbocycles.